The summed E-state index contributed by atoms with van der Waals surface area (Å²) in [6.07, 6.45) is 1.49. The molecule has 0 unspecified atom stereocenters. The average Bonchev–Trinajstić information content (AvgIpc) is 2.61. The standard InChI is InChI=1S/C17H15FN2O4/c18-13-2-4-14(5-3-13)24-11-17(21)20-19-10-12-1-6-15-16(9-12)23-8-7-22-15/h1-6,9-10H,7-8,11H2,(H,20,21). The Morgan fingerprint density at radius 3 is 2.71 bits per heavy atom. The van der Waals surface area contributed by atoms with Gasteiger partial charge in [-0.3, -0.25) is 4.79 Å². The molecule has 0 radical (unpaired) electrons. The summed E-state index contributed by atoms with van der Waals surface area (Å²) in [5.74, 6) is 0.956. The number of hydrazone groups is 1. The van der Waals surface area contributed by atoms with Gasteiger partial charge in [-0.15, -0.1) is 0 Å². The summed E-state index contributed by atoms with van der Waals surface area (Å²) in [6.45, 7) is 0.819. The zero-order valence-corrected chi connectivity index (χ0v) is 12.7. The topological polar surface area (TPSA) is 69.2 Å². The van der Waals surface area contributed by atoms with Crippen molar-refractivity contribution in [2.45, 2.75) is 0 Å². The molecule has 0 aliphatic carbocycles. The normalized spacial score (nSPS) is 12.9. The highest BCUT2D eigenvalue weighted by Gasteiger charge is 2.10. The van der Waals surface area contributed by atoms with E-state index in [1.165, 1.54) is 30.5 Å². The van der Waals surface area contributed by atoms with Crippen molar-refractivity contribution in [1.82, 2.24) is 5.43 Å². The maximum Gasteiger partial charge on any atom is 0.277 e. The molecular formula is C17H15FN2O4. The van der Waals surface area contributed by atoms with Gasteiger partial charge in [0.05, 0.1) is 6.21 Å². The Hall–Kier alpha value is -3.09. The van der Waals surface area contributed by atoms with Crippen molar-refractivity contribution in [3.8, 4) is 17.2 Å². The summed E-state index contributed by atoms with van der Waals surface area (Å²) < 4.78 is 28.8. The molecule has 0 saturated carbocycles. The molecule has 1 aliphatic rings. The molecule has 0 saturated heterocycles. The van der Waals surface area contributed by atoms with Gasteiger partial charge in [0, 0.05) is 0 Å². The van der Waals surface area contributed by atoms with Crippen LogP contribution in [0.5, 0.6) is 17.2 Å². The van der Waals surface area contributed by atoms with Crippen molar-refractivity contribution in [2.75, 3.05) is 19.8 Å². The zero-order valence-electron chi connectivity index (χ0n) is 12.7. The van der Waals surface area contributed by atoms with E-state index in [0.717, 1.165) is 5.56 Å². The lowest BCUT2D eigenvalue weighted by Gasteiger charge is -2.18. The number of ether oxygens (including phenoxy) is 3. The fourth-order valence-electron chi connectivity index (χ4n) is 2.03. The van der Waals surface area contributed by atoms with E-state index in [2.05, 4.69) is 10.5 Å². The minimum atomic E-state index is -0.423. The van der Waals surface area contributed by atoms with Crippen molar-refractivity contribution in [3.05, 3.63) is 53.8 Å². The quantitative estimate of drug-likeness (QED) is 0.673. The van der Waals surface area contributed by atoms with Crippen molar-refractivity contribution < 1.29 is 23.4 Å². The molecule has 2 aromatic rings. The summed E-state index contributed by atoms with van der Waals surface area (Å²) in [4.78, 5) is 11.6. The molecule has 1 N–H and O–H groups in total. The number of nitrogens with one attached hydrogen (secondary N) is 1. The molecule has 2 aromatic carbocycles. The monoisotopic (exact) mass is 330 g/mol. The van der Waals surface area contributed by atoms with Gasteiger partial charge >= 0.3 is 0 Å². The van der Waals surface area contributed by atoms with Gasteiger partial charge < -0.3 is 14.2 Å². The molecule has 1 amide bonds. The van der Waals surface area contributed by atoms with E-state index in [1.54, 1.807) is 18.2 Å². The number of hydrogen-bond acceptors (Lipinski definition) is 5. The van der Waals surface area contributed by atoms with Crippen LogP contribution in [0.15, 0.2) is 47.6 Å². The first-order valence-electron chi connectivity index (χ1n) is 7.30. The van der Waals surface area contributed by atoms with Crippen molar-refractivity contribution in [1.29, 1.82) is 0 Å². The summed E-state index contributed by atoms with van der Waals surface area (Å²) in [5, 5.41) is 3.86. The van der Waals surface area contributed by atoms with Crippen LogP contribution in [0.2, 0.25) is 0 Å². The number of benzene rings is 2. The minimum Gasteiger partial charge on any atom is -0.486 e. The number of fused-ring (bicyclic) bond motifs is 1. The van der Waals surface area contributed by atoms with Crippen LogP contribution in [-0.4, -0.2) is 31.9 Å². The van der Waals surface area contributed by atoms with E-state index in [-0.39, 0.29) is 12.4 Å². The first-order chi connectivity index (χ1) is 11.7. The van der Waals surface area contributed by atoms with Crippen LogP contribution in [0.3, 0.4) is 0 Å². The Kier molecular flexibility index (Phi) is 4.90. The van der Waals surface area contributed by atoms with Gasteiger partial charge in [-0.2, -0.15) is 5.10 Å². The van der Waals surface area contributed by atoms with Gasteiger partial charge in [-0.1, -0.05) is 0 Å². The Morgan fingerprint density at radius 2 is 1.92 bits per heavy atom. The third-order valence-corrected chi connectivity index (χ3v) is 3.15. The molecule has 6 nitrogen and oxygen atoms in total. The van der Waals surface area contributed by atoms with E-state index < -0.39 is 5.91 Å². The lowest BCUT2D eigenvalue weighted by Crippen LogP contribution is -2.24. The number of amides is 1. The molecule has 0 spiro atoms. The largest absolute Gasteiger partial charge is 0.486 e. The number of nitrogens with zero attached hydrogens (tertiary/aromatic N) is 1. The van der Waals surface area contributed by atoms with E-state index in [0.29, 0.717) is 30.5 Å². The SMILES string of the molecule is O=C(COc1ccc(F)cc1)NN=Cc1ccc2c(c1)OCCO2. The summed E-state index contributed by atoms with van der Waals surface area (Å²) >= 11 is 0. The lowest BCUT2D eigenvalue weighted by atomic mass is 10.2. The molecular weight excluding hydrogens is 315 g/mol. The highest BCUT2D eigenvalue weighted by atomic mass is 19.1. The molecule has 1 heterocycles. The predicted molar refractivity (Wildman–Crippen MR) is 85.1 cm³/mol. The van der Waals surface area contributed by atoms with Crippen LogP contribution in [0.25, 0.3) is 0 Å². The van der Waals surface area contributed by atoms with Gasteiger partial charge in [0.25, 0.3) is 5.91 Å². The Morgan fingerprint density at radius 1 is 1.17 bits per heavy atom. The van der Waals surface area contributed by atoms with Gasteiger partial charge in [0.1, 0.15) is 24.8 Å². The van der Waals surface area contributed by atoms with Gasteiger partial charge in [0.15, 0.2) is 18.1 Å². The smallest absolute Gasteiger partial charge is 0.277 e. The van der Waals surface area contributed by atoms with Crippen LogP contribution >= 0.6 is 0 Å². The Balaban J connectivity index is 1.48. The zero-order chi connectivity index (χ0) is 16.8. The van der Waals surface area contributed by atoms with Crippen LogP contribution in [-0.2, 0) is 4.79 Å². The molecule has 3 rings (SSSR count). The van der Waals surface area contributed by atoms with Crippen molar-refractivity contribution in [2.24, 2.45) is 5.10 Å². The summed E-state index contributed by atoms with van der Waals surface area (Å²) in [5.41, 5.74) is 3.12. The molecule has 124 valence electrons. The van der Waals surface area contributed by atoms with Crippen LogP contribution in [0, 0.1) is 5.82 Å². The maximum absolute atomic E-state index is 12.7. The molecule has 0 bridgehead atoms. The molecule has 1 aliphatic heterocycles. The summed E-state index contributed by atoms with van der Waals surface area (Å²) in [7, 11) is 0. The first kappa shape index (κ1) is 15.8. The maximum atomic E-state index is 12.7. The molecule has 0 aromatic heterocycles. The van der Waals surface area contributed by atoms with E-state index in [1.807, 2.05) is 0 Å². The van der Waals surface area contributed by atoms with E-state index >= 15 is 0 Å². The number of carbonyl (C=O) groups excluding carboxylic acids is 1. The van der Waals surface area contributed by atoms with E-state index in [9.17, 15) is 9.18 Å². The molecule has 0 atom stereocenters. The Bertz CT molecular complexity index is 747. The highest BCUT2D eigenvalue weighted by Crippen LogP contribution is 2.30. The number of rotatable bonds is 5. The number of hydrogen-bond donors (Lipinski definition) is 1. The lowest BCUT2D eigenvalue weighted by molar-refractivity contribution is -0.123. The van der Waals surface area contributed by atoms with Gasteiger partial charge in [0.2, 0.25) is 0 Å². The number of halogens is 1. The Labute approximate surface area is 137 Å². The van der Waals surface area contributed by atoms with E-state index in [4.69, 9.17) is 14.2 Å². The third-order valence-electron chi connectivity index (χ3n) is 3.15. The second-order valence-corrected chi connectivity index (χ2v) is 4.94. The second-order valence-electron chi connectivity index (χ2n) is 4.94. The average molecular weight is 330 g/mol. The third kappa shape index (κ3) is 4.22. The van der Waals surface area contributed by atoms with Crippen LogP contribution in [0.1, 0.15) is 5.56 Å². The number of carbonyl (C=O) groups is 1. The fraction of sp³-hybridized carbons (Fsp3) is 0.176. The highest BCUT2D eigenvalue weighted by molar-refractivity contribution is 5.83. The van der Waals surface area contributed by atoms with Crippen molar-refractivity contribution >= 4 is 12.1 Å². The van der Waals surface area contributed by atoms with Gasteiger partial charge in [-0.05, 0) is 48.0 Å². The van der Waals surface area contributed by atoms with Crippen molar-refractivity contribution in [3.63, 3.8) is 0 Å². The molecule has 24 heavy (non-hydrogen) atoms. The van der Waals surface area contributed by atoms with Crippen LogP contribution in [0.4, 0.5) is 4.39 Å². The summed E-state index contributed by atoms with van der Waals surface area (Å²) in [6, 6.07) is 10.8. The first-order valence-corrected chi connectivity index (χ1v) is 7.30. The molecule has 0 fully saturated rings. The van der Waals surface area contributed by atoms with Gasteiger partial charge in [-0.25, -0.2) is 9.82 Å². The van der Waals surface area contributed by atoms with Crippen LogP contribution < -0.4 is 19.6 Å². The minimum absolute atomic E-state index is 0.218. The predicted octanol–water partition coefficient (Wildman–Crippen LogP) is 2.13. The fourth-order valence-corrected chi connectivity index (χ4v) is 2.03. The molecule has 7 heteroatoms. The second kappa shape index (κ2) is 7.45.